The molecular formula is C16H19FN2O2. The fraction of sp³-hybridized carbons (Fsp3) is 0.312. The standard InChI is InChI=1S/C16H19FN2O2/c1-12(13-5-4-8-18-9-13)19-10-14(20)11-21-16-7-3-2-6-15(16)17/h2-9,12,14,19-20H,10-11H2,1H3. The van der Waals surface area contributed by atoms with Gasteiger partial charge >= 0.3 is 0 Å². The van der Waals surface area contributed by atoms with Crippen molar-refractivity contribution < 1.29 is 14.2 Å². The number of aromatic nitrogens is 1. The average Bonchev–Trinajstić information content (AvgIpc) is 2.52. The summed E-state index contributed by atoms with van der Waals surface area (Å²) < 4.78 is 18.6. The first kappa shape index (κ1) is 15.4. The molecule has 2 unspecified atom stereocenters. The number of aliphatic hydroxyl groups excluding tert-OH is 1. The van der Waals surface area contributed by atoms with E-state index in [1.54, 1.807) is 24.5 Å². The summed E-state index contributed by atoms with van der Waals surface area (Å²) in [4.78, 5) is 4.05. The number of rotatable bonds is 7. The Hall–Kier alpha value is -1.98. The lowest BCUT2D eigenvalue weighted by Crippen LogP contribution is -2.33. The first-order valence-corrected chi connectivity index (χ1v) is 6.85. The number of halogens is 1. The highest BCUT2D eigenvalue weighted by molar-refractivity contribution is 5.23. The van der Waals surface area contributed by atoms with Gasteiger partial charge < -0.3 is 15.2 Å². The highest BCUT2D eigenvalue weighted by Gasteiger charge is 2.10. The highest BCUT2D eigenvalue weighted by Crippen LogP contribution is 2.15. The molecular weight excluding hydrogens is 271 g/mol. The molecule has 21 heavy (non-hydrogen) atoms. The molecule has 1 aromatic carbocycles. The van der Waals surface area contributed by atoms with Crippen LogP contribution in [0.3, 0.4) is 0 Å². The molecule has 2 aromatic rings. The van der Waals surface area contributed by atoms with E-state index in [-0.39, 0.29) is 18.4 Å². The zero-order chi connectivity index (χ0) is 15.1. The molecule has 0 aliphatic rings. The van der Waals surface area contributed by atoms with Gasteiger partial charge in [-0.1, -0.05) is 18.2 Å². The van der Waals surface area contributed by atoms with Crippen LogP contribution in [0.25, 0.3) is 0 Å². The number of nitrogens with one attached hydrogen (secondary N) is 1. The van der Waals surface area contributed by atoms with Gasteiger partial charge in [-0.2, -0.15) is 0 Å². The van der Waals surface area contributed by atoms with Crippen molar-refractivity contribution in [3.05, 3.63) is 60.2 Å². The average molecular weight is 290 g/mol. The van der Waals surface area contributed by atoms with E-state index in [0.717, 1.165) is 5.56 Å². The molecule has 4 nitrogen and oxygen atoms in total. The molecule has 0 radical (unpaired) electrons. The largest absolute Gasteiger partial charge is 0.488 e. The Kier molecular flexibility index (Phi) is 5.66. The van der Waals surface area contributed by atoms with Gasteiger partial charge in [0.25, 0.3) is 0 Å². The van der Waals surface area contributed by atoms with Gasteiger partial charge in [0.2, 0.25) is 0 Å². The molecule has 0 fully saturated rings. The zero-order valence-corrected chi connectivity index (χ0v) is 11.9. The van der Waals surface area contributed by atoms with Crippen LogP contribution in [0.15, 0.2) is 48.8 Å². The van der Waals surface area contributed by atoms with E-state index in [4.69, 9.17) is 4.74 Å². The summed E-state index contributed by atoms with van der Waals surface area (Å²) in [5.41, 5.74) is 1.04. The van der Waals surface area contributed by atoms with Gasteiger partial charge in [0.15, 0.2) is 11.6 Å². The first-order valence-electron chi connectivity index (χ1n) is 6.85. The van der Waals surface area contributed by atoms with Crippen molar-refractivity contribution in [2.75, 3.05) is 13.2 Å². The van der Waals surface area contributed by atoms with Crippen molar-refractivity contribution in [1.82, 2.24) is 10.3 Å². The van der Waals surface area contributed by atoms with Crippen molar-refractivity contribution in [3.8, 4) is 5.75 Å². The van der Waals surface area contributed by atoms with E-state index in [2.05, 4.69) is 10.3 Å². The Labute approximate surface area is 123 Å². The van der Waals surface area contributed by atoms with E-state index in [1.807, 2.05) is 19.1 Å². The number of aliphatic hydroxyl groups is 1. The number of hydrogen-bond donors (Lipinski definition) is 2. The van der Waals surface area contributed by atoms with Crippen molar-refractivity contribution in [2.24, 2.45) is 0 Å². The smallest absolute Gasteiger partial charge is 0.165 e. The molecule has 5 heteroatoms. The topological polar surface area (TPSA) is 54.4 Å². The van der Waals surface area contributed by atoms with Crippen LogP contribution < -0.4 is 10.1 Å². The van der Waals surface area contributed by atoms with Crippen LogP contribution in [0.2, 0.25) is 0 Å². The second-order valence-corrected chi connectivity index (χ2v) is 4.81. The van der Waals surface area contributed by atoms with E-state index in [1.165, 1.54) is 12.1 Å². The second kappa shape index (κ2) is 7.71. The van der Waals surface area contributed by atoms with Crippen LogP contribution in [0.4, 0.5) is 4.39 Å². The van der Waals surface area contributed by atoms with E-state index in [0.29, 0.717) is 6.54 Å². The Bertz CT molecular complexity index is 551. The molecule has 2 N–H and O–H groups in total. The third-order valence-corrected chi connectivity index (χ3v) is 3.11. The lowest BCUT2D eigenvalue weighted by atomic mass is 10.1. The molecule has 1 heterocycles. The number of ether oxygens (including phenoxy) is 1. The van der Waals surface area contributed by atoms with Gasteiger partial charge in [0, 0.05) is 25.0 Å². The monoisotopic (exact) mass is 290 g/mol. The maximum atomic E-state index is 13.3. The summed E-state index contributed by atoms with van der Waals surface area (Å²) in [5, 5.41) is 13.1. The lowest BCUT2D eigenvalue weighted by molar-refractivity contribution is 0.102. The molecule has 112 valence electrons. The summed E-state index contributed by atoms with van der Waals surface area (Å²) in [5.74, 6) is -0.279. The van der Waals surface area contributed by atoms with Crippen LogP contribution in [0.1, 0.15) is 18.5 Å². The molecule has 0 saturated heterocycles. The van der Waals surface area contributed by atoms with Crippen molar-refractivity contribution in [2.45, 2.75) is 19.1 Å². The van der Waals surface area contributed by atoms with Crippen molar-refractivity contribution >= 4 is 0 Å². The maximum absolute atomic E-state index is 13.3. The van der Waals surface area contributed by atoms with E-state index >= 15 is 0 Å². The summed E-state index contributed by atoms with van der Waals surface area (Å²) >= 11 is 0. The van der Waals surface area contributed by atoms with Gasteiger partial charge in [-0.25, -0.2) is 4.39 Å². The van der Waals surface area contributed by atoms with Gasteiger partial charge in [-0.15, -0.1) is 0 Å². The first-order chi connectivity index (χ1) is 10.2. The molecule has 0 aliphatic carbocycles. The van der Waals surface area contributed by atoms with E-state index in [9.17, 15) is 9.50 Å². The second-order valence-electron chi connectivity index (χ2n) is 4.81. The van der Waals surface area contributed by atoms with Gasteiger partial charge in [-0.3, -0.25) is 4.98 Å². The number of nitrogens with zero attached hydrogens (tertiary/aromatic N) is 1. The van der Waals surface area contributed by atoms with Gasteiger partial charge in [0.05, 0.1) is 0 Å². The predicted octanol–water partition coefficient (Wildman–Crippen LogP) is 2.31. The Balaban J connectivity index is 1.75. The molecule has 1 aromatic heterocycles. The normalized spacial score (nSPS) is 13.7. The molecule has 0 spiro atoms. The molecule has 0 aliphatic heterocycles. The Morgan fingerprint density at radius 3 is 2.81 bits per heavy atom. The minimum atomic E-state index is -0.719. The lowest BCUT2D eigenvalue weighted by Gasteiger charge is -2.17. The number of benzene rings is 1. The summed E-state index contributed by atoms with van der Waals surface area (Å²) in [6.45, 7) is 2.37. The quantitative estimate of drug-likeness (QED) is 0.821. The summed E-state index contributed by atoms with van der Waals surface area (Å²) in [6.07, 6.45) is 2.77. The van der Waals surface area contributed by atoms with Crippen LogP contribution in [-0.4, -0.2) is 29.3 Å². The highest BCUT2D eigenvalue weighted by atomic mass is 19.1. The van der Waals surface area contributed by atoms with Crippen molar-refractivity contribution in [3.63, 3.8) is 0 Å². The summed E-state index contributed by atoms with van der Waals surface area (Å²) in [6, 6.07) is 10.0. The van der Waals surface area contributed by atoms with Crippen LogP contribution in [-0.2, 0) is 0 Å². The van der Waals surface area contributed by atoms with E-state index < -0.39 is 11.9 Å². The Morgan fingerprint density at radius 1 is 1.29 bits per heavy atom. The van der Waals surface area contributed by atoms with Crippen LogP contribution in [0, 0.1) is 5.82 Å². The fourth-order valence-electron chi connectivity index (χ4n) is 1.87. The number of hydrogen-bond acceptors (Lipinski definition) is 4. The molecule has 0 amide bonds. The molecule has 0 saturated carbocycles. The maximum Gasteiger partial charge on any atom is 0.165 e. The van der Waals surface area contributed by atoms with Gasteiger partial charge in [0.1, 0.15) is 12.7 Å². The number of pyridine rings is 1. The minimum absolute atomic E-state index is 0.0354. The molecule has 2 rings (SSSR count). The van der Waals surface area contributed by atoms with Gasteiger partial charge in [-0.05, 0) is 30.7 Å². The predicted molar refractivity (Wildman–Crippen MR) is 78.6 cm³/mol. The zero-order valence-electron chi connectivity index (χ0n) is 11.9. The van der Waals surface area contributed by atoms with Crippen molar-refractivity contribution in [1.29, 1.82) is 0 Å². The van der Waals surface area contributed by atoms with Crippen LogP contribution >= 0.6 is 0 Å². The molecule has 2 atom stereocenters. The summed E-state index contributed by atoms with van der Waals surface area (Å²) in [7, 11) is 0. The molecule has 0 bridgehead atoms. The Morgan fingerprint density at radius 2 is 2.10 bits per heavy atom. The SMILES string of the molecule is CC(NCC(O)COc1ccccc1F)c1cccnc1. The third-order valence-electron chi connectivity index (χ3n) is 3.11. The fourth-order valence-corrected chi connectivity index (χ4v) is 1.87. The minimum Gasteiger partial charge on any atom is -0.488 e. The van der Waals surface area contributed by atoms with Crippen LogP contribution in [0.5, 0.6) is 5.75 Å². The third kappa shape index (κ3) is 4.81. The number of para-hydroxylation sites is 1.